The Labute approximate surface area is 109 Å². The van der Waals surface area contributed by atoms with Gasteiger partial charge in [0.1, 0.15) is 11.4 Å². The average molecular weight is 246 g/mol. The molecule has 3 nitrogen and oxygen atoms in total. The number of aliphatic hydroxyl groups is 1. The first-order chi connectivity index (χ1) is 8.38. The van der Waals surface area contributed by atoms with Crippen LogP contribution in [-0.2, 0) is 5.41 Å². The number of aromatic nitrogens is 1. The highest BCUT2D eigenvalue weighted by atomic mass is 16.3. The minimum Gasteiger partial charge on any atom is -0.386 e. The van der Waals surface area contributed by atoms with Gasteiger partial charge in [0.2, 0.25) is 0 Å². The summed E-state index contributed by atoms with van der Waals surface area (Å²) in [4.78, 5) is 6.70. The molecule has 3 rings (SSSR count). The fraction of sp³-hybridized carbons (Fsp3) is 0.667. The highest BCUT2D eigenvalue weighted by molar-refractivity contribution is 5.45. The third-order valence-electron chi connectivity index (χ3n) is 4.20. The van der Waals surface area contributed by atoms with Crippen molar-refractivity contribution in [2.45, 2.75) is 44.6 Å². The number of hydrogen-bond donors (Lipinski definition) is 1. The summed E-state index contributed by atoms with van der Waals surface area (Å²) in [6, 6.07) is 4.23. The van der Waals surface area contributed by atoms with Crippen molar-refractivity contribution in [3.8, 4) is 0 Å². The van der Waals surface area contributed by atoms with Crippen molar-refractivity contribution < 1.29 is 5.11 Å². The molecular weight excluding hydrogens is 224 g/mol. The molecule has 1 saturated heterocycles. The SMILES string of the molecule is CC(C)(C)c1ccc(N2CC(O)(C3CC3)C2)nc1. The van der Waals surface area contributed by atoms with Gasteiger partial charge < -0.3 is 10.0 Å². The second-order valence-corrected chi connectivity index (χ2v) is 6.89. The van der Waals surface area contributed by atoms with E-state index < -0.39 is 5.60 Å². The van der Waals surface area contributed by atoms with Crippen molar-refractivity contribution in [2.75, 3.05) is 18.0 Å². The highest BCUT2D eigenvalue weighted by Crippen LogP contribution is 2.45. The molecule has 98 valence electrons. The van der Waals surface area contributed by atoms with E-state index >= 15 is 0 Å². The molecule has 18 heavy (non-hydrogen) atoms. The van der Waals surface area contributed by atoms with Crippen LogP contribution in [0, 0.1) is 5.92 Å². The van der Waals surface area contributed by atoms with Gasteiger partial charge in [0.05, 0.1) is 13.1 Å². The van der Waals surface area contributed by atoms with Crippen molar-refractivity contribution in [3.63, 3.8) is 0 Å². The molecule has 0 aromatic carbocycles. The van der Waals surface area contributed by atoms with Gasteiger partial charge in [-0.15, -0.1) is 0 Å². The first-order valence-electron chi connectivity index (χ1n) is 6.82. The highest BCUT2D eigenvalue weighted by Gasteiger charge is 2.52. The molecule has 1 aromatic heterocycles. The summed E-state index contributed by atoms with van der Waals surface area (Å²) in [5.41, 5.74) is 0.976. The molecule has 1 N–H and O–H groups in total. The Kier molecular flexibility index (Phi) is 2.46. The Hall–Kier alpha value is -1.09. The molecule has 0 spiro atoms. The van der Waals surface area contributed by atoms with Gasteiger partial charge in [0.15, 0.2) is 0 Å². The van der Waals surface area contributed by atoms with Gasteiger partial charge in [-0.3, -0.25) is 0 Å². The molecule has 0 bridgehead atoms. The molecule has 1 aromatic rings. The molecule has 0 radical (unpaired) electrons. The van der Waals surface area contributed by atoms with Gasteiger partial charge in [-0.1, -0.05) is 26.8 Å². The zero-order valence-corrected chi connectivity index (χ0v) is 11.5. The Balaban J connectivity index is 1.68. The first kappa shape index (κ1) is 12.0. The largest absolute Gasteiger partial charge is 0.386 e. The second-order valence-electron chi connectivity index (χ2n) is 6.89. The third kappa shape index (κ3) is 2.01. The van der Waals surface area contributed by atoms with Crippen molar-refractivity contribution in [1.29, 1.82) is 0 Å². The van der Waals surface area contributed by atoms with E-state index in [1.807, 2.05) is 6.20 Å². The molecule has 0 amide bonds. The monoisotopic (exact) mass is 246 g/mol. The van der Waals surface area contributed by atoms with Crippen LogP contribution < -0.4 is 4.90 Å². The quantitative estimate of drug-likeness (QED) is 0.870. The van der Waals surface area contributed by atoms with Crippen LogP contribution in [0.4, 0.5) is 5.82 Å². The first-order valence-corrected chi connectivity index (χ1v) is 6.82. The van der Waals surface area contributed by atoms with E-state index in [1.54, 1.807) is 0 Å². The van der Waals surface area contributed by atoms with Crippen molar-refractivity contribution in [1.82, 2.24) is 4.98 Å². The summed E-state index contributed by atoms with van der Waals surface area (Å²) in [5, 5.41) is 10.3. The van der Waals surface area contributed by atoms with E-state index in [-0.39, 0.29) is 5.41 Å². The molecule has 2 fully saturated rings. The third-order valence-corrected chi connectivity index (χ3v) is 4.20. The minimum absolute atomic E-state index is 0.148. The molecule has 1 saturated carbocycles. The average Bonchev–Trinajstić information content (AvgIpc) is 3.08. The molecule has 1 aliphatic heterocycles. The topological polar surface area (TPSA) is 36.4 Å². The molecule has 0 unspecified atom stereocenters. The number of anilines is 1. The van der Waals surface area contributed by atoms with Crippen LogP contribution in [0.5, 0.6) is 0 Å². The van der Waals surface area contributed by atoms with Gasteiger partial charge in [0.25, 0.3) is 0 Å². The molecule has 0 atom stereocenters. The number of nitrogens with zero attached hydrogens (tertiary/aromatic N) is 2. The van der Waals surface area contributed by atoms with Crippen LogP contribution in [0.3, 0.4) is 0 Å². The Morgan fingerprint density at radius 3 is 2.39 bits per heavy atom. The van der Waals surface area contributed by atoms with E-state index in [1.165, 1.54) is 18.4 Å². The van der Waals surface area contributed by atoms with Crippen LogP contribution in [0.25, 0.3) is 0 Å². The van der Waals surface area contributed by atoms with Gasteiger partial charge in [0, 0.05) is 6.20 Å². The van der Waals surface area contributed by atoms with E-state index in [9.17, 15) is 5.11 Å². The van der Waals surface area contributed by atoms with Crippen LogP contribution in [0.2, 0.25) is 0 Å². The summed E-state index contributed by atoms with van der Waals surface area (Å²) in [5.74, 6) is 1.54. The fourth-order valence-electron chi connectivity index (χ4n) is 2.67. The van der Waals surface area contributed by atoms with Gasteiger partial charge >= 0.3 is 0 Å². The van der Waals surface area contributed by atoms with Crippen LogP contribution in [0.15, 0.2) is 18.3 Å². The predicted octanol–water partition coefficient (Wildman–Crippen LogP) is 2.34. The van der Waals surface area contributed by atoms with Crippen molar-refractivity contribution in [2.24, 2.45) is 5.92 Å². The molecule has 2 aliphatic rings. The summed E-state index contributed by atoms with van der Waals surface area (Å²) >= 11 is 0. The predicted molar refractivity (Wildman–Crippen MR) is 72.8 cm³/mol. The molecule has 3 heteroatoms. The fourth-order valence-corrected chi connectivity index (χ4v) is 2.67. The second kappa shape index (κ2) is 3.70. The van der Waals surface area contributed by atoms with Crippen LogP contribution >= 0.6 is 0 Å². The maximum Gasteiger partial charge on any atom is 0.128 e. The summed E-state index contributed by atoms with van der Waals surface area (Å²) < 4.78 is 0. The lowest BCUT2D eigenvalue weighted by Gasteiger charge is -2.47. The number of β-amino-alcohol motifs (C(OH)–C–C–N with tert-alkyl or cyclic N) is 1. The van der Waals surface area contributed by atoms with E-state index in [2.05, 4.69) is 42.8 Å². The number of pyridine rings is 1. The van der Waals surface area contributed by atoms with E-state index in [0.29, 0.717) is 5.92 Å². The maximum atomic E-state index is 10.3. The summed E-state index contributed by atoms with van der Waals surface area (Å²) in [7, 11) is 0. The van der Waals surface area contributed by atoms with E-state index in [4.69, 9.17) is 0 Å². The summed E-state index contributed by atoms with van der Waals surface area (Å²) in [6.07, 6.45) is 4.35. The van der Waals surface area contributed by atoms with Gasteiger partial charge in [-0.25, -0.2) is 4.98 Å². The lowest BCUT2D eigenvalue weighted by molar-refractivity contribution is -0.00974. The number of rotatable bonds is 2. The standard InChI is InChI=1S/C15H22N2O/c1-14(2,3)12-6-7-13(16-8-12)17-9-15(18,10-17)11-4-5-11/h6-8,11,18H,4-5,9-10H2,1-3H3. The Morgan fingerprint density at radius 1 is 1.28 bits per heavy atom. The zero-order chi connectivity index (χ0) is 13.0. The smallest absolute Gasteiger partial charge is 0.128 e. The molecular formula is C15H22N2O. The van der Waals surface area contributed by atoms with Crippen LogP contribution in [0.1, 0.15) is 39.2 Å². The maximum absolute atomic E-state index is 10.3. The van der Waals surface area contributed by atoms with Gasteiger partial charge in [-0.05, 0) is 35.8 Å². The minimum atomic E-state index is -0.426. The molecule has 1 aliphatic carbocycles. The molecule has 2 heterocycles. The van der Waals surface area contributed by atoms with Gasteiger partial charge in [-0.2, -0.15) is 0 Å². The summed E-state index contributed by atoms with van der Waals surface area (Å²) in [6.45, 7) is 8.08. The van der Waals surface area contributed by atoms with Crippen molar-refractivity contribution in [3.05, 3.63) is 23.9 Å². The normalized spacial score (nSPS) is 22.8. The lowest BCUT2D eigenvalue weighted by Crippen LogP contribution is -2.63. The van der Waals surface area contributed by atoms with Crippen molar-refractivity contribution >= 4 is 5.82 Å². The Morgan fingerprint density at radius 2 is 1.94 bits per heavy atom. The Bertz CT molecular complexity index is 437. The van der Waals surface area contributed by atoms with Crippen LogP contribution in [-0.4, -0.2) is 28.8 Å². The van der Waals surface area contributed by atoms with E-state index in [0.717, 1.165) is 18.9 Å². The zero-order valence-electron chi connectivity index (χ0n) is 11.5. The number of hydrogen-bond acceptors (Lipinski definition) is 3. The lowest BCUT2D eigenvalue weighted by atomic mass is 9.87.